The highest BCUT2D eigenvalue weighted by molar-refractivity contribution is 5.95. The molecule has 0 fully saturated rings. The molecule has 2 N–H and O–H groups in total. The molecule has 0 atom stereocenters. The summed E-state index contributed by atoms with van der Waals surface area (Å²) in [4.78, 5) is 12.1. The Kier molecular flexibility index (Phi) is 4.74. The number of nitrogens with one attached hydrogen (secondary N) is 2. The molecular formula is C16H22N2O. The van der Waals surface area contributed by atoms with Crippen molar-refractivity contribution in [2.24, 2.45) is 0 Å². The van der Waals surface area contributed by atoms with Gasteiger partial charge in [-0.1, -0.05) is 29.3 Å². The van der Waals surface area contributed by atoms with Gasteiger partial charge in [-0.2, -0.15) is 0 Å². The molecule has 0 unspecified atom stereocenters. The minimum Gasteiger partial charge on any atom is -0.352 e. The molecule has 0 bridgehead atoms. The van der Waals surface area contributed by atoms with Crippen LogP contribution in [0.5, 0.6) is 0 Å². The minimum atomic E-state index is 0.0343. The summed E-state index contributed by atoms with van der Waals surface area (Å²) in [6.45, 7) is 6.75. The molecule has 1 aromatic rings. The zero-order valence-corrected chi connectivity index (χ0v) is 11.8. The minimum absolute atomic E-state index is 0.0343. The van der Waals surface area contributed by atoms with Gasteiger partial charge < -0.3 is 10.6 Å². The molecule has 1 heterocycles. The Morgan fingerprint density at radius 1 is 1.37 bits per heavy atom. The maximum absolute atomic E-state index is 12.1. The second kappa shape index (κ2) is 6.53. The third-order valence-corrected chi connectivity index (χ3v) is 3.52. The zero-order valence-electron chi connectivity index (χ0n) is 11.8. The fourth-order valence-corrected chi connectivity index (χ4v) is 2.40. The third-order valence-electron chi connectivity index (χ3n) is 3.52. The lowest BCUT2D eigenvalue weighted by atomic mass is 10.0. The fraction of sp³-hybridized carbons (Fsp3) is 0.438. The lowest BCUT2D eigenvalue weighted by Crippen LogP contribution is -2.27. The van der Waals surface area contributed by atoms with Crippen molar-refractivity contribution in [2.45, 2.75) is 26.7 Å². The number of hydrogen-bond donors (Lipinski definition) is 2. The summed E-state index contributed by atoms with van der Waals surface area (Å²) in [6, 6.07) is 5.94. The summed E-state index contributed by atoms with van der Waals surface area (Å²) >= 11 is 0. The summed E-state index contributed by atoms with van der Waals surface area (Å²) < 4.78 is 0. The molecule has 0 saturated heterocycles. The van der Waals surface area contributed by atoms with Crippen molar-refractivity contribution >= 4 is 5.91 Å². The molecule has 0 aliphatic carbocycles. The van der Waals surface area contributed by atoms with E-state index in [4.69, 9.17) is 0 Å². The molecule has 0 spiro atoms. The maximum Gasteiger partial charge on any atom is 0.251 e. The van der Waals surface area contributed by atoms with Gasteiger partial charge in [0.05, 0.1) is 0 Å². The fourth-order valence-electron chi connectivity index (χ4n) is 2.40. The Hall–Kier alpha value is -1.61. The molecule has 2 rings (SSSR count). The van der Waals surface area contributed by atoms with Gasteiger partial charge in [0.25, 0.3) is 5.91 Å². The highest BCUT2D eigenvalue weighted by Gasteiger charge is 2.09. The van der Waals surface area contributed by atoms with E-state index in [1.165, 1.54) is 11.1 Å². The quantitative estimate of drug-likeness (QED) is 0.814. The molecule has 0 radical (unpaired) electrons. The highest BCUT2D eigenvalue weighted by Crippen LogP contribution is 2.11. The Balaban J connectivity index is 1.85. The van der Waals surface area contributed by atoms with E-state index in [9.17, 15) is 4.79 Å². The molecule has 3 nitrogen and oxygen atoms in total. The standard InChI is InChI=1S/C16H22N2O/c1-12-3-4-15(13(2)11-12)16(19)18-10-7-14-5-8-17-9-6-14/h3-5,11,17H,6-10H2,1-2H3,(H,18,19). The second-order valence-corrected chi connectivity index (χ2v) is 5.14. The van der Waals surface area contributed by atoms with E-state index in [1.807, 2.05) is 32.0 Å². The van der Waals surface area contributed by atoms with Crippen LogP contribution in [0.3, 0.4) is 0 Å². The van der Waals surface area contributed by atoms with E-state index in [1.54, 1.807) is 0 Å². The molecule has 1 aromatic carbocycles. The SMILES string of the molecule is Cc1ccc(C(=O)NCCC2=CCNCC2)c(C)c1. The average molecular weight is 258 g/mol. The van der Waals surface area contributed by atoms with E-state index < -0.39 is 0 Å². The van der Waals surface area contributed by atoms with E-state index in [2.05, 4.69) is 16.7 Å². The zero-order chi connectivity index (χ0) is 13.7. The van der Waals surface area contributed by atoms with Crippen LogP contribution in [0.15, 0.2) is 29.8 Å². The Bertz CT molecular complexity index is 492. The van der Waals surface area contributed by atoms with Crippen molar-refractivity contribution in [2.75, 3.05) is 19.6 Å². The Morgan fingerprint density at radius 3 is 2.89 bits per heavy atom. The van der Waals surface area contributed by atoms with Crippen molar-refractivity contribution in [1.29, 1.82) is 0 Å². The molecule has 3 heteroatoms. The number of carbonyl (C=O) groups is 1. The van der Waals surface area contributed by atoms with Crippen LogP contribution in [0, 0.1) is 13.8 Å². The number of hydrogen-bond acceptors (Lipinski definition) is 2. The number of benzene rings is 1. The highest BCUT2D eigenvalue weighted by atomic mass is 16.1. The van der Waals surface area contributed by atoms with Crippen molar-refractivity contribution in [3.05, 3.63) is 46.5 Å². The first-order chi connectivity index (χ1) is 9.16. The van der Waals surface area contributed by atoms with Gasteiger partial charge in [0.15, 0.2) is 0 Å². The molecule has 0 saturated carbocycles. The topological polar surface area (TPSA) is 41.1 Å². The van der Waals surface area contributed by atoms with E-state index in [-0.39, 0.29) is 5.91 Å². The van der Waals surface area contributed by atoms with E-state index >= 15 is 0 Å². The van der Waals surface area contributed by atoms with Crippen molar-refractivity contribution in [3.63, 3.8) is 0 Å². The van der Waals surface area contributed by atoms with Gasteiger partial charge in [-0.3, -0.25) is 4.79 Å². The predicted octanol–water partition coefficient (Wildman–Crippen LogP) is 2.34. The Morgan fingerprint density at radius 2 is 2.21 bits per heavy atom. The van der Waals surface area contributed by atoms with Crippen LogP contribution in [-0.4, -0.2) is 25.5 Å². The number of amides is 1. The molecular weight excluding hydrogens is 236 g/mol. The normalized spacial score (nSPS) is 14.9. The first-order valence-corrected chi connectivity index (χ1v) is 6.91. The summed E-state index contributed by atoms with van der Waals surface area (Å²) in [5, 5.41) is 6.30. The molecule has 0 aromatic heterocycles. The van der Waals surface area contributed by atoms with Crippen LogP contribution in [-0.2, 0) is 0 Å². The van der Waals surface area contributed by atoms with Crippen LogP contribution in [0.4, 0.5) is 0 Å². The summed E-state index contributed by atoms with van der Waals surface area (Å²) in [7, 11) is 0. The molecule has 1 aliphatic heterocycles. The van der Waals surface area contributed by atoms with Gasteiger partial charge in [0.2, 0.25) is 0 Å². The average Bonchev–Trinajstić information content (AvgIpc) is 2.39. The first kappa shape index (κ1) is 13.8. The predicted molar refractivity (Wildman–Crippen MR) is 78.4 cm³/mol. The first-order valence-electron chi connectivity index (χ1n) is 6.91. The van der Waals surface area contributed by atoms with Crippen molar-refractivity contribution in [1.82, 2.24) is 10.6 Å². The lowest BCUT2D eigenvalue weighted by Gasteiger charge is -2.14. The van der Waals surface area contributed by atoms with Crippen molar-refractivity contribution < 1.29 is 4.79 Å². The molecule has 1 amide bonds. The summed E-state index contributed by atoms with van der Waals surface area (Å²) in [6.07, 6.45) is 4.28. The van der Waals surface area contributed by atoms with E-state index in [0.29, 0.717) is 0 Å². The van der Waals surface area contributed by atoms with Gasteiger partial charge in [-0.05, 0) is 44.9 Å². The number of aryl methyl sites for hydroxylation is 2. The Labute approximate surface area is 115 Å². The number of rotatable bonds is 4. The third kappa shape index (κ3) is 3.93. The van der Waals surface area contributed by atoms with Crippen LogP contribution in [0.2, 0.25) is 0 Å². The van der Waals surface area contributed by atoms with Crippen LogP contribution >= 0.6 is 0 Å². The van der Waals surface area contributed by atoms with Crippen LogP contribution in [0.25, 0.3) is 0 Å². The summed E-state index contributed by atoms with van der Waals surface area (Å²) in [5.41, 5.74) is 4.46. The smallest absolute Gasteiger partial charge is 0.251 e. The van der Waals surface area contributed by atoms with Gasteiger partial charge in [-0.15, -0.1) is 0 Å². The maximum atomic E-state index is 12.1. The van der Waals surface area contributed by atoms with Gasteiger partial charge in [0.1, 0.15) is 0 Å². The molecule has 1 aliphatic rings. The van der Waals surface area contributed by atoms with Crippen molar-refractivity contribution in [3.8, 4) is 0 Å². The second-order valence-electron chi connectivity index (χ2n) is 5.14. The van der Waals surface area contributed by atoms with Gasteiger partial charge >= 0.3 is 0 Å². The molecule has 19 heavy (non-hydrogen) atoms. The lowest BCUT2D eigenvalue weighted by molar-refractivity contribution is 0.0953. The summed E-state index contributed by atoms with van der Waals surface area (Å²) in [5.74, 6) is 0.0343. The van der Waals surface area contributed by atoms with Gasteiger partial charge in [0, 0.05) is 18.7 Å². The molecule has 102 valence electrons. The van der Waals surface area contributed by atoms with Crippen LogP contribution in [0.1, 0.15) is 34.3 Å². The van der Waals surface area contributed by atoms with Crippen LogP contribution < -0.4 is 10.6 Å². The van der Waals surface area contributed by atoms with Gasteiger partial charge in [-0.25, -0.2) is 0 Å². The van der Waals surface area contributed by atoms with E-state index in [0.717, 1.165) is 43.6 Å². The monoisotopic (exact) mass is 258 g/mol. The number of carbonyl (C=O) groups excluding carboxylic acids is 1. The largest absolute Gasteiger partial charge is 0.352 e.